The number of benzene rings is 2. The molecule has 2 rings (SSSR count). The summed E-state index contributed by atoms with van der Waals surface area (Å²) in [6.45, 7) is 6.39. The molecule has 0 unspecified atom stereocenters. The van der Waals surface area contributed by atoms with Crippen LogP contribution in [0, 0.1) is 5.82 Å². The van der Waals surface area contributed by atoms with Gasteiger partial charge < -0.3 is 14.6 Å². The maximum Gasteiger partial charge on any atom is 0.250 e. The van der Waals surface area contributed by atoms with Crippen LogP contribution in [-0.2, 0) is 0 Å². The monoisotopic (exact) mass is 360 g/mol. The molecule has 0 atom stereocenters. The van der Waals surface area contributed by atoms with Crippen LogP contribution in [0.3, 0.4) is 0 Å². The molecule has 2 aromatic rings. The van der Waals surface area contributed by atoms with E-state index in [9.17, 15) is 14.6 Å². The molecule has 0 spiro atoms. The van der Waals surface area contributed by atoms with Crippen molar-refractivity contribution in [3.8, 4) is 17.2 Å². The molecule has 0 fully saturated rings. The molecule has 0 aliphatic carbocycles. The SMILES string of the molecule is CC[Si](CC)(CC)Oc1cccc(F)c1C=Cc1cc(O)cc(O)c1. The minimum atomic E-state index is -1.92. The second kappa shape index (κ2) is 8.21. The summed E-state index contributed by atoms with van der Waals surface area (Å²) in [7, 11) is -1.92. The third-order valence-corrected chi connectivity index (χ3v) is 9.16. The normalized spacial score (nSPS) is 11.8. The number of rotatable bonds is 7. The van der Waals surface area contributed by atoms with Crippen LogP contribution in [0.5, 0.6) is 17.2 Å². The van der Waals surface area contributed by atoms with Gasteiger partial charge in [-0.15, -0.1) is 0 Å². The van der Waals surface area contributed by atoms with Gasteiger partial charge in [-0.05, 0) is 54.0 Å². The average Bonchev–Trinajstić information content (AvgIpc) is 2.58. The molecule has 2 aromatic carbocycles. The molecule has 3 nitrogen and oxygen atoms in total. The van der Waals surface area contributed by atoms with Crippen molar-refractivity contribution in [3.63, 3.8) is 0 Å². The van der Waals surface area contributed by atoms with Gasteiger partial charge in [0.1, 0.15) is 23.1 Å². The third kappa shape index (κ3) is 4.63. The summed E-state index contributed by atoms with van der Waals surface area (Å²) in [6, 6.07) is 12.0. The molecule has 0 saturated heterocycles. The largest absolute Gasteiger partial charge is 0.543 e. The van der Waals surface area contributed by atoms with Crippen molar-refractivity contribution < 1.29 is 19.0 Å². The summed E-state index contributed by atoms with van der Waals surface area (Å²) in [6.07, 6.45) is 3.27. The highest BCUT2D eigenvalue weighted by Gasteiger charge is 2.31. The fourth-order valence-corrected chi connectivity index (χ4v) is 5.44. The van der Waals surface area contributed by atoms with Gasteiger partial charge in [0, 0.05) is 6.07 Å². The maximum absolute atomic E-state index is 14.4. The molecule has 0 radical (unpaired) electrons. The van der Waals surface area contributed by atoms with E-state index in [-0.39, 0.29) is 17.3 Å². The minimum absolute atomic E-state index is 0.0426. The molecule has 0 amide bonds. The van der Waals surface area contributed by atoms with E-state index in [1.165, 1.54) is 24.3 Å². The van der Waals surface area contributed by atoms with E-state index in [2.05, 4.69) is 20.8 Å². The van der Waals surface area contributed by atoms with Gasteiger partial charge in [-0.25, -0.2) is 4.39 Å². The molecule has 0 bridgehead atoms. The molecule has 2 N–H and O–H groups in total. The van der Waals surface area contributed by atoms with Crippen molar-refractivity contribution in [2.24, 2.45) is 0 Å². The molecule has 134 valence electrons. The topological polar surface area (TPSA) is 49.7 Å². The van der Waals surface area contributed by atoms with Crippen LogP contribution in [0.4, 0.5) is 4.39 Å². The zero-order chi connectivity index (χ0) is 18.4. The fraction of sp³-hybridized carbons (Fsp3) is 0.300. The first kappa shape index (κ1) is 19.1. The molecule has 5 heteroatoms. The molecule has 0 saturated carbocycles. The Labute approximate surface area is 149 Å². The number of aromatic hydroxyl groups is 2. The predicted octanol–water partition coefficient (Wildman–Crippen LogP) is 5.79. The van der Waals surface area contributed by atoms with E-state index in [0.29, 0.717) is 16.9 Å². The molecular weight excluding hydrogens is 335 g/mol. The van der Waals surface area contributed by atoms with Crippen molar-refractivity contribution in [1.29, 1.82) is 0 Å². The average molecular weight is 361 g/mol. The number of hydrogen-bond donors (Lipinski definition) is 2. The Hall–Kier alpha value is -2.27. The van der Waals surface area contributed by atoms with Crippen LogP contribution in [-0.4, -0.2) is 18.5 Å². The quantitative estimate of drug-likeness (QED) is 0.485. The summed E-state index contributed by atoms with van der Waals surface area (Å²) in [5.74, 6) is 0.111. The van der Waals surface area contributed by atoms with Crippen LogP contribution in [0.15, 0.2) is 36.4 Å². The molecule has 25 heavy (non-hydrogen) atoms. The summed E-state index contributed by atoms with van der Waals surface area (Å²) in [5, 5.41) is 19.1. The second-order valence-electron chi connectivity index (χ2n) is 6.11. The molecular formula is C20H25FO3Si. The van der Waals surface area contributed by atoms with Crippen molar-refractivity contribution in [3.05, 3.63) is 53.3 Å². The van der Waals surface area contributed by atoms with Crippen LogP contribution >= 0.6 is 0 Å². The lowest BCUT2D eigenvalue weighted by atomic mass is 10.1. The Kier molecular flexibility index (Phi) is 6.25. The number of hydrogen-bond acceptors (Lipinski definition) is 3. The predicted molar refractivity (Wildman–Crippen MR) is 103 cm³/mol. The molecule has 0 heterocycles. The summed E-state index contributed by atoms with van der Waals surface area (Å²) in [5.41, 5.74) is 0.967. The second-order valence-corrected chi connectivity index (χ2v) is 10.8. The van der Waals surface area contributed by atoms with Gasteiger partial charge in [-0.3, -0.25) is 0 Å². The van der Waals surface area contributed by atoms with Crippen molar-refractivity contribution >= 4 is 20.5 Å². The first-order valence-electron chi connectivity index (χ1n) is 8.61. The first-order valence-corrected chi connectivity index (χ1v) is 11.1. The van der Waals surface area contributed by atoms with E-state index in [1.54, 1.807) is 24.3 Å². The van der Waals surface area contributed by atoms with E-state index in [1.807, 2.05) is 0 Å². The van der Waals surface area contributed by atoms with Crippen LogP contribution in [0.25, 0.3) is 12.2 Å². The molecule has 0 aliphatic rings. The number of halogens is 1. The summed E-state index contributed by atoms with van der Waals surface area (Å²) in [4.78, 5) is 0. The highest BCUT2D eigenvalue weighted by atomic mass is 28.4. The van der Waals surface area contributed by atoms with Crippen molar-refractivity contribution in [2.45, 2.75) is 38.9 Å². The third-order valence-electron chi connectivity index (χ3n) is 4.64. The van der Waals surface area contributed by atoms with E-state index in [0.717, 1.165) is 18.1 Å². The lowest BCUT2D eigenvalue weighted by molar-refractivity contribution is 0.450. The highest BCUT2D eigenvalue weighted by molar-refractivity contribution is 6.74. The van der Waals surface area contributed by atoms with Gasteiger partial charge in [0.25, 0.3) is 8.32 Å². The Morgan fingerprint density at radius 1 is 0.960 bits per heavy atom. The molecule has 0 aliphatic heterocycles. The Morgan fingerprint density at radius 2 is 1.56 bits per heavy atom. The van der Waals surface area contributed by atoms with Crippen molar-refractivity contribution in [1.82, 2.24) is 0 Å². The standard InChI is InChI=1S/C20H25FO3Si/c1-4-25(5-2,6-3)24-20-9-7-8-19(21)18(20)11-10-15-12-16(22)14-17(23)13-15/h7-14,22-23H,4-6H2,1-3H3. The fourth-order valence-electron chi connectivity index (χ4n) is 2.86. The smallest absolute Gasteiger partial charge is 0.250 e. The summed E-state index contributed by atoms with van der Waals surface area (Å²) < 4.78 is 20.7. The summed E-state index contributed by atoms with van der Waals surface area (Å²) >= 11 is 0. The Balaban J connectivity index is 2.39. The van der Waals surface area contributed by atoms with E-state index >= 15 is 0 Å². The lowest BCUT2D eigenvalue weighted by Crippen LogP contribution is -2.39. The van der Waals surface area contributed by atoms with Crippen LogP contribution in [0.2, 0.25) is 18.1 Å². The van der Waals surface area contributed by atoms with Gasteiger partial charge in [0.2, 0.25) is 0 Å². The highest BCUT2D eigenvalue weighted by Crippen LogP contribution is 2.31. The van der Waals surface area contributed by atoms with Gasteiger partial charge >= 0.3 is 0 Å². The zero-order valence-electron chi connectivity index (χ0n) is 14.9. The number of phenols is 2. The van der Waals surface area contributed by atoms with Crippen molar-refractivity contribution in [2.75, 3.05) is 0 Å². The van der Waals surface area contributed by atoms with Gasteiger partial charge in [-0.2, -0.15) is 0 Å². The van der Waals surface area contributed by atoms with Crippen LogP contribution in [0.1, 0.15) is 31.9 Å². The first-order chi connectivity index (χ1) is 11.9. The van der Waals surface area contributed by atoms with E-state index < -0.39 is 8.32 Å². The van der Waals surface area contributed by atoms with Crippen LogP contribution < -0.4 is 4.43 Å². The number of phenolic OH excluding ortho intramolecular Hbond substituents is 2. The molecule has 0 aromatic heterocycles. The van der Waals surface area contributed by atoms with Gasteiger partial charge in [-0.1, -0.05) is 32.9 Å². The Morgan fingerprint density at radius 3 is 2.12 bits per heavy atom. The van der Waals surface area contributed by atoms with E-state index in [4.69, 9.17) is 4.43 Å². The minimum Gasteiger partial charge on any atom is -0.543 e. The van der Waals surface area contributed by atoms with Gasteiger partial charge in [0.15, 0.2) is 0 Å². The Bertz CT molecular complexity index is 726. The van der Waals surface area contributed by atoms with Gasteiger partial charge in [0.05, 0.1) is 5.56 Å². The zero-order valence-corrected chi connectivity index (χ0v) is 15.9. The maximum atomic E-state index is 14.4. The lowest BCUT2D eigenvalue weighted by Gasteiger charge is -2.29.